The topological polar surface area (TPSA) is 46.5 Å². The maximum atomic E-state index is 5.35. The number of hydrogen-bond donors (Lipinski definition) is 1. The van der Waals surface area contributed by atoms with Gasteiger partial charge in [0, 0.05) is 12.5 Å². The molecule has 0 aliphatic rings. The predicted octanol–water partition coefficient (Wildman–Crippen LogP) is 4.55. The molecule has 110 valence electrons. The Balaban J connectivity index is 2.48. The fourth-order valence-corrected chi connectivity index (χ4v) is 3.43. The van der Waals surface area contributed by atoms with Crippen molar-refractivity contribution in [1.82, 2.24) is 19.7 Å². The molecule has 0 amide bonds. The number of rotatable bonds is 6. The van der Waals surface area contributed by atoms with Gasteiger partial charge in [-0.25, -0.2) is 4.98 Å². The standard InChI is InChI=1S/C14H22N4S2/c1-5-7-8-18-12(16-17-14(18)19)11-10(6-2)15-13(20-11)9(3)4/h9H,5-8H2,1-4H3,(H,17,19). The summed E-state index contributed by atoms with van der Waals surface area (Å²) >= 11 is 7.10. The minimum absolute atomic E-state index is 0.449. The van der Waals surface area contributed by atoms with E-state index in [2.05, 4.69) is 42.5 Å². The summed E-state index contributed by atoms with van der Waals surface area (Å²) in [5, 5.41) is 8.54. The molecule has 6 heteroatoms. The first-order valence-electron chi connectivity index (χ1n) is 7.23. The average Bonchev–Trinajstić information content (AvgIpc) is 3.00. The van der Waals surface area contributed by atoms with Gasteiger partial charge in [0.25, 0.3) is 0 Å². The van der Waals surface area contributed by atoms with Gasteiger partial charge in [-0.15, -0.1) is 11.3 Å². The van der Waals surface area contributed by atoms with Crippen LogP contribution in [0.5, 0.6) is 0 Å². The fourth-order valence-electron chi connectivity index (χ4n) is 2.05. The molecular weight excluding hydrogens is 288 g/mol. The Hall–Kier alpha value is -1.01. The second kappa shape index (κ2) is 6.63. The molecule has 0 atom stereocenters. The van der Waals surface area contributed by atoms with E-state index in [4.69, 9.17) is 17.2 Å². The molecule has 20 heavy (non-hydrogen) atoms. The quantitative estimate of drug-likeness (QED) is 0.796. The number of hydrogen-bond acceptors (Lipinski definition) is 4. The van der Waals surface area contributed by atoms with Gasteiger partial charge in [-0.3, -0.25) is 9.67 Å². The van der Waals surface area contributed by atoms with E-state index in [1.54, 1.807) is 11.3 Å². The minimum atomic E-state index is 0.449. The van der Waals surface area contributed by atoms with Gasteiger partial charge in [0.05, 0.1) is 15.6 Å². The Labute approximate surface area is 129 Å². The van der Waals surface area contributed by atoms with E-state index in [1.165, 1.54) is 9.88 Å². The van der Waals surface area contributed by atoms with Crippen molar-refractivity contribution in [1.29, 1.82) is 0 Å². The fraction of sp³-hybridized carbons (Fsp3) is 0.643. The Kier molecular flexibility index (Phi) is 5.10. The first kappa shape index (κ1) is 15.4. The summed E-state index contributed by atoms with van der Waals surface area (Å²) in [4.78, 5) is 5.92. The third-order valence-electron chi connectivity index (χ3n) is 3.24. The van der Waals surface area contributed by atoms with E-state index in [-0.39, 0.29) is 0 Å². The lowest BCUT2D eigenvalue weighted by molar-refractivity contribution is 0.629. The molecule has 1 N–H and O–H groups in total. The number of nitrogens with zero attached hydrogens (tertiary/aromatic N) is 3. The number of H-pyrrole nitrogens is 1. The van der Waals surface area contributed by atoms with Crippen molar-refractivity contribution in [3.63, 3.8) is 0 Å². The molecule has 4 nitrogen and oxygen atoms in total. The Morgan fingerprint density at radius 2 is 2.10 bits per heavy atom. The number of aryl methyl sites for hydroxylation is 1. The summed E-state index contributed by atoms with van der Waals surface area (Å²) in [6.45, 7) is 9.59. The largest absolute Gasteiger partial charge is 0.299 e. The van der Waals surface area contributed by atoms with Gasteiger partial charge in [-0.2, -0.15) is 5.10 Å². The van der Waals surface area contributed by atoms with Crippen LogP contribution in [0.4, 0.5) is 0 Å². The molecule has 2 aromatic rings. The molecule has 0 unspecified atom stereocenters. The van der Waals surface area contributed by atoms with Gasteiger partial charge >= 0.3 is 0 Å². The van der Waals surface area contributed by atoms with Gasteiger partial charge in [0.15, 0.2) is 10.6 Å². The van der Waals surface area contributed by atoms with Crippen LogP contribution in [0.15, 0.2) is 0 Å². The summed E-state index contributed by atoms with van der Waals surface area (Å²) in [6, 6.07) is 0. The molecule has 2 heterocycles. The van der Waals surface area contributed by atoms with E-state index >= 15 is 0 Å². The van der Waals surface area contributed by atoms with Crippen LogP contribution in [-0.4, -0.2) is 19.7 Å². The average molecular weight is 310 g/mol. The summed E-state index contributed by atoms with van der Waals surface area (Å²) < 4.78 is 2.81. The van der Waals surface area contributed by atoms with Crippen LogP contribution < -0.4 is 0 Å². The molecule has 0 aliphatic carbocycles. The van der Waals surface area contributed by atoms with Crippen molar-refractivity contribution in [3.8, 4) is 10.7 Å². The van der Waals surface area contributed by atoms with E-state index in [1.807, 2.05) is 0 Å². The number of unbranched alkanes of at least 4 members (excludes halogenated alkanes) is 1. The highest BCUT2D eigenvalue weighted by molar-refractivity contribution is 7.71. The molecule has 2 aromatic heterocycles. The lowest BCUT2D eigenvalue weighted by Crippen LogP contribution is -2.01. The van der Waals surface area contributed by atoms with Crippen LogP contribution in [0.1, 0.15) is 57.2 Å². The molecule has 0 saturated heterocycles. The molecular formula is C14H22N4S2. The summed E-state index contributed by atoms with van der Waals surface area (Å²) in [6.07, 6.45) is 3.18. The van der Waals surface area contributed by atoms with E-state index in [0.717, 1.165) is 37.3 Å². The third kappa shape index (κ3) is 3.01. The van der Waals surface area contributed by atoms with Gasteiger partial charge in [0.2, 0.25) is 0 Å². The second-order valence-corrected chi connectivity index (χ2v) is 6.61. The van der Waals surface area contributed by atoms with Crippen LogP contribution in [0, 0.1) is 4.77 Å². The smallest absolute Gasteiger partial charge is 0.195 e. The molecule has 2 rings (SSSR count). The van der Waals surface area contributed by atoms with E-state index in [9.17, 15) is 0 Å². The van der Waals surface area contributed by atoms with Crippen molar-refractivity contribution in [2.75, 3.05) is 0 Å². The number of aromatic nitrogens is 4. The van der Waals surface area contributed by atoms with Crippen molar-refractivity contribution in [2.45, 2.75) is 59.4 Å². The first-order chi connectivity index (χ1) is 9.58. The van der Waals surface area contributed by atoms with Crippen LogP contribution in [0.25, 0.3) is 10.7 Å². The van der Waals surface area contributed by atoms with Crippen molar-refractivity contribution < 1.29 is 0 Å². The highest BCUT2D eigenvalue weighted by Gasteiger charge is 2.18. The molecule has 0 aromatic carbocycles. The SMILES string of the molecule is CCCCn1c(-c2sc(C(C)C)nc2CC)n[nH]c1=S. The van der Waals surface area contributed by atoms with Crippen LogP contribution in [0.2, 0.25) is 0 Å². The zero-order valence-electron chi connectivity index (χ0n) is 12.6. The van der Waals surface area contributed by atoms with Gasteiger partial charge in [-0.05, 0) is 25.1 Å². The lowest BCUT2D eigenvalue weighted by atomic mass is 10.2. The van der Waals surface area contributed by atoms with Crippen LogP contribution in [0.3, 0.4) is 0 Å². The Morgan fingerprint density at radius 3 is 2.70 bits per heavy atom. The van der Waals surface area contributed by atoms with Crippen LogP contribution >= 0.6 is 23.6 Å². The van der Waals surface area contributed by atoms with E-state index in [0.29, 0.717) is 10.7 Å². The first-order valence-corrected chi connectivity index (χ1v) is 8.46. The van der Waals surface area contributed by atoms with Crippen molar-refractivity contribution in [2.24, 2.45) is 0 Å². The summed E-state index contributed by atoms with van der Waals surface area (Å²) in [5.74, 6) is 1.40. The predicted molar refractivity (Wildman–Crippen MR) is 86.9 cm³/mol. The molecule has 0 bridgehead atoms. The third-order valence-corrected chi connectivity index (χ3v) is 4.95. The molecule has 0 radical (unpaired) electrons. The van der Waals surface area contributed by atoms with E-state index < -0.39 is 0 Å². The number of nitrogens with one attached hydrogen (secondary N) is 1. The molecule has 0 spiro atoms. The maximum Gasteiger partial charge on any atom is 0.195 e. The molecule has 0 saturated carbocycles. The summed E-state index contributed by atoms with van der Waals surface area (Å²) in [5.41, 5.74) is 1.13. The van der Waals surface area contributed by atoms with Gasteiger partial charge in [0.1, 0.15) is 0 Å². The van der Waals surface area contributed by atoms with Gasteiger partial charge < -0.3 is 0 Å². The highest BCUT2D eigenvalue weighted by atomic mass is 32.1. The lowest BCUT2D eigenvalue weighted by Gasteiger charge is -2.05. The Morgan fingerprint density at radius 1 is 1.35 bits per heavy atom. The number of thiazole rings is 1. The monoisotopic (exact) mass is 310 g/mol. The van der Waals surface area contributed by atoms with Crippen molar-refractivity contribution >= 4 is 23.6 Å². The molecule has 0 fully saturated rings. The second-order valence-electron chi connectivity index (χ2n) is 5.19. The zero-order chi connectivity index (χ0) is 14.7. The van der Waals surface area contributed by atoms with Crippen LogP contribution in [-0.2, 0) is 13.0 Å². The minimum Gasteiger partial charge on any atom is -0.299 e. The molecule has 0 aliphatic heterocycles. The number of aromatic amines is 1. The van der Waals surface area contributed by atoms with Crippen molar-refractivity contribution in [3.05, 3.63) is 15.5 Å². The maximum absolute atomic E-state index is 5.35. The zero-order valence-corrected chi connectivity index (χ0v) is 14.2. The normalized spacial score (nSPS) is 11.4. The highest BCUT2D eigenvalue weighted by Crippen LogP contribution is 2.33. The summed E-state index contributed by atoms with van der Waals surface area (Å²) in [7, 11) is 0. The Bertz CT molecular complexity index is 621. The van der Waals surface area contributed by atoms with Gasteiger partial charge in [-0.1, -0.05) is 34.1 Å².